The maximum absolute atomic E-state index is 13.9. The van der Waals surface area contributed by atoms with E-state index in [0.29, 0.717) is 23.3 Å². The van der Waals surface area contributed by atoms with Gasteiger partial charge in [0.25, 0.3) is 11.6 Å². The number of hydrogen-bond acceptors (Lipinski definition) is 4. The molecule has 0 bridgehead atoms. The zero-order valence-corrected chi connectivity index (χ0v) is 23.9. The summed E-state index contributed by atoms with van der Waals surface area (Å²) in [5.41, 5.74) is -2.41. The standard InChI is InChI=1S/C30H27F7N4O4/c1-17-11-22(31)5-8-25(17)26-15-23(38-27(42)19-3-6-24(7-4-19)41(44)45)9-10-40(26)28(43)39(2)16-18-12-20(29(32,33)34)14-21(13-18)30(35,36)37/h3-8,11-14,23,26H,9-10,15-16H2,1-2H3,(H,38,42)/t23?,26-/m0/s1. The van der Waals surface area contributed by atoms with Crippen molar-refractivity contribution < 1.29 is 45.2 Å². The van der Waals surface area contributed by atoms with E-state index in [1.165, 1.54) is 54.4 Å². The number of non-ortho nitro benzene ring substituents is 1. The summed E-state index contributed by atoms with van der Waals surface area (Å²) in [4.78, 5) is 39.2. The molecule has 1 unspecified atom stereocenters. The second-order valence-electron chi connectivity index (χ2n) is 10.8. The number of alkyl halides is 6. The molecule has 0 saturated carbocycles. The number of nitro groups is 1. The number of aryl methyl sites for hydroxylation is 1. The van der Waals surface area contributed by atoms with Gasteiger partial charge in [0, 0.05) is 43.9 Å². The van der Waals surface area contributed by atoms with Crippen molar-refractivity contribution in [3.05, 3.63) is 110 Å². The lowest BCUT2D eigenvalue weighted by Crippen LogP contribution is -2.51. The lowest BCUT2D eigenvalue weighted by Gasteiger charge is -2.42. The van der Waals surface area contributed by atoms with Gasteiger partial charge in [-0.25, -0.2) is 9.18 Å². The quantitative estimate of drug-likeness (QED) is 0.174. The summed E-state index contributed by atoms with van der Waals surface area (Å²) in [6.45, 7) is 1.08. The lowest BCUT2D eigenvalue weighted by molar-refractivity contribution is -0.384. The molecule has 1 heterocycles. The van der Waals surface area contributed by atoms with Gasteiger partial charge >= 0.3 is 18.4 Å². The van der Waals surface area contributed by atoms with E-state index >= 15 is 0 Å². The van der Waals surface area contributed by atoms with Crippen molar-refractivity contribution >= 4 is 17.6 Å². The van der Waals surface area contributed by atoms with Crippen molar-refractivity contribution in [3.63, 3.8) is 0 Å². The molecule has 1 aliphatic rings. The van der Waals surface area contributed by atoms with Crippen LogP contribution in [-0.4, -0.2) is 46.3 Å². The summed E-state index contributed by atoms with van der Waals surface area (Å²) >= 11 is 0. The highest BCUT2D eigenvalue weighted by Crippen LogP contribution is 2.38. The first kappa shape index (κ1) is 33.2. The maximum atomic E-state index is 13.9. The Morgan fingerprint density at radius 3 is 2.11 bits per heavy atom. The average molecular weight is 641 g/mol. The van der Waals surface area contributed by atoms with Gasteiger partial charge < -0.3 is 15.1 Å². The Morgan fingerprint density at radius 1 is 0.978 bits per heavy atom. The molecule has 15 heteroatoms. The van der Waals surface area contributed by atoms with Crippen molar-refractivity contribution in [2.45, 2.75) is 50.7 Å². The monoisotopic (exact) mass is 640 g/mol. The van der Waals surface area contributed by atoms with E-state index in [0.717, 1.165) is 4.90 Å². The van der Waals surface area contributed by atoms with Gasteiger partial charge in [0.05, 0.1) is 22.1 Å². The Labute approximate surface area is 252 Å². The molecule has 0 radical (unpaired) electrons. The van der Waals surface area contributed by atoms with Gasteiger partial charge in [0.1, 0.15) is 5.82 Å². The minimum atomic E-state index is -5.05. The normalized spacial score (nSPS) is 17.1. The highest BCUT2D eigenvalue weighted by molar-refractivity contribution is 5.94. The number of nitro benzene ring substituents is 1. The zero-order valence-electron chi connectivity index (χ0n) is 23.9. The molecule has 1 saturated heterocycles. The summed E-state index contributed by atoms with van der Waals surface area (Å²) in [6, 6.07) is 8.03. The van der Waals surface area contributed by atoms with Crippen molar-refractivity contribution in [3.8, 4) is 0 Å². The molecule has 2 atom stereocenters. The molecule has 45 heavy (non-hydrogen) atoms. The maximum Gasteiger partial charge on any atom is 0.416 e. The van der Waals surface area contributed by atoms with Crippen LogP contribution in [0.4, 0.5) is 41.2 Å². The number of rotatable bonds is 6. The number of nitrogens with one attached hydrogen (secondary N) is 1. The molecule has 3 aromatic rings. The van der Waals surface area contributed by atoms with E-state index in [1.807, 2.05) is 0 Å². The van der Waals surface area contributed by atoms with Crippen molar-refractivity contribution in [2.75, 3.05) is 13.6 Å². The van der Waals surface area contributed by atoms with Crippen LogP contribution < -0.4 is 5.32 Å². The number of halogens is 7. The number of nitrogens with zero attached hydrogens (tertiary/aromatic N) is 3. The molecule has 0 aromatic heterocycles. The Bertz CT molecular complexity index is 1560. The fraction of sp³-hybridized carbons (Fsp3) is 0.333. The van der Waals surface area contributed by atoms with Gasteiger partial charge in [-0.1, -0.05) is 6.07 Å². The van der Waals surface area contributed by atoms with Gasteiger partial charge in [-0.3, -0.25) is 14.9 Å². The van der Waals surface area contributed by atoms with Crippen molar-refractivity contribution in [2.24, 2.45) is 0 Å². The Hall–Kier alpha value is -4.69. The molecule has 1 N–H and O–H groups in total. The summed E-state index contributed by atoms with van der Waals surface area (Å²) in [6.07, 6.45) is -9.72. The molecule has 8 nitrogen and oxygen atoms in total. The van der Waals surface area contributed by atoms with E-state index in [-0.39, 0.29) is 42.3 Å². The third kappa shape index (κ3) is 7.88. The van der Waals surface area contributed by atoms with Crippen LogP contribution in [0.25, 0.3) is 0 Å². The number of benzene rings is 3. The Kier molecular flexibility index (Phi) is 9.40. The predicted octanol–water partition coefficient (Wildman–Crippen LogP) is 7.27. The fourth-order valence-electron chi connectivity index (χ4n) is 5.31. The first-order chi connectivity index (χ1) is 20.9. The van der Waals surface area contributed by atoms with E-state index in [1.54, 1.807) is 6.92 Å². The zero-order chi connectivity index (χ0) is 33.3. The van der Waals surface area contributed by atoms with Crippen LogP contribution in [0.2, 0.25) is 0 Å². The number of amides is 3. The van der Waals surface area contributed by atoms with Crippen LogP contribution in [0, 0.1) is 22.9 Å². The molecule has 0 aliphatic carbocycles. The summed E-state index contributed by atoms with van der Waals surface area (Å²) in [5.74, 6) is -1.05. The molecule has 1 aliphatic heterocycles. The first-order valence-corrected chi connectivity index (χ1v) is 13.6. The van der Waals surface area contributed by atoms with Crippen molar-refractivity contribution in [1.82, 2.24) is 15.1 Å². The Morgan fingerprint density at radius 2 is 1.58 bits per heavy atom. The molecular formula is C30H27F7N4O4. The first-order valence-electron chi connectivity index (χ1n) is 13.6. The molecular weight excluding hydrogens is 613 g/mol. The smallest absolute Gasteiger partial charge is 0.349 e. The number of urea groups is 1. The van der Waals surface area contributed by atoms with Gasteiger partial charge in [0.15, 0.2) is 0 Å². The minimum absolute atomic E-state index is 0.00835. The summed E-state index contributed by atoms with van der Waals surface area (Å²) in [5, 5.41) is 13.8. The fourth-order valence-corrected chi connectivity index (χ4v) is 5.31. The average Bonchev–Trinajstić information content (AvgIpc) is 2.95. The Balaban J connectivity index is 1.58. The number of carbonyl (C=O) groups excluding carboxylic acids is 2. The number of piperidine rings is 1. The van der Waals surface area contributed by atoms with Gasteiger partial charge in [-0.2, -0.15) is 26.3 Å². The molecule has 3 aromatic carbocycles. The van der Waals surface area contributed by atoms with Gasteiger partial charge in [-0.05, 0) is 78.9 Å². The second kappa shape index (κ2) is 12.7. The lowest BCUT2D eigenvalue weighted by atomic mass is 9.89. The van der Waals surface area contributed by atoms with Crippen LogP contribution in [0.15, 0.2) is 60.7 Å². The molecule has 0 spiro atoms. The van der Waals surface area contributed by atoms with E-state index in [4.69, 9.17) is 0 Å². The van der Waals surface area contributed by atoms with Crippen LogP contribution in [0.1, 0.15) is 57.1 Å². The van der Waals surface area contributed by atoms with Crippen LogP contribution >= 0.6 is 0 Å². The van der Waals surface area contributed by atoms with E-state index < -0.39 is 64.8 Å². The van der Waals surface area contributed by atoms with Gasteiger partial charge in [-0.15, -0.1) is 0 Å². The largest absolute Gasteiger partial charge is 0.416 e. The molecule has 240 valence electrons. The summed E-state index contributed by atoms with van der Waals surface area (Å²) in [7, 11) is 1.24. The van der Waals surface area contributed by atoms with Crippen LogP contribution in [-0.2, 0) is 18.9 Å². The highest BCUT2D eigenvalue weighted by atomic mass is 19.4. The third-order valence-electron chi connectivity index (χ3n) is 7.51. The number of likely N-dealkylation sites (tertiary alicyclic amines) is 1. The highest BCUT2D eigenvalue weighted by Gasteiger charge is 2.38. The van der Waals surface area contributed by atoms with Crippen molar-refractivity contribution in [1.29, 1.82) is 0 Å². The summed E-state index contributed by atoms with van der Waals surface area (Å²) < 4.78 is 94.2. The number of carbonyl (C=O) groups is 2. The molecule has 3 amide bonds. The van der Waals surface area contributed by atoms with E-state index in [9.17, 15) is 50.4 Å². The van der Waals surface area contributed by atoms with Gasteiger partial charge in [0.2, 0.25) is 0 Å². The molecule has 1 fully saturated rings. The topological polar surface area (TPSA) is 95.8 Å². The number of hydrogen-bond donors (Lipinski definition) is 1. The predicted molar refractivity (Wildman–Crippen MR) is 147 cm³/mol. The second-order valence-corrected chi connectivity index (χ2v) is 10.8. The minimum Gasteiger partial charge on any atom is -0.349 e. The van der Waals surface area contributed by atoms with Crippen LogP contribution in [0.3, 0.4) is 0 Å². The third-order valence-corrected chi connectivity index (χ3v) is 7.51. The SMILES string of the molecule is Cc1cc(F)ccc1[C@@H]1CC(NC(=O)c2ccc([N+](=O)[O-])cc2)CCN1C(=O)N(C)Cc1cc(C(F)(F)F)cc(C(F)(F)F)c1. The molecule has 4 rings (SSSR count). The van der Waals surface area contributed by atoms with Crippen LogP contribution in [0.5, 0.6) is 0 Å². The van der Waals surface area contributed by atoms with E-state index in [2.05, 4.69) is 5.32 Å².